The molecule has 0 aliphatic rings. The molecule has 0 radical (unpaired) electrons. The summed E-state index contributed by atoms with van der Waals surface area (Å²) < 4.78 is 8.44. The van der Waals surface area contributed by atoms with Crippen LogP contribution in [0.1, 0.15) is 119 Å². The van der Waals surface area contributed by atoms with Crippen LogP contribution in [0.4, 0.5) is 0 Å². The van der Waals surface area contributed by atoms with E-state index in [-0.39, 0.29) is 7.92 Å². The van der Waals surface area contributed by atoms with Gasteiger partial charge in [-0.2, -0.15) is 0 Å². The van der Waals surface area contributed by atoms with Crippen molar-refractivity contribution in [3.05, 3.63) is 0 Å². The summed E-state index contributed by atoms with van der Waals surface area (Å²) in [5.74, 6) is -0.298. The molecule has 30 heavy (non-hydrogen) atoms. The van der Waals surface area contributed by atoms with E-state index in [0.717, 1.165) is 0 Å². The van der Waals surface area contributed by atoms with Gasteiger partial charge in [0.1, 0.15) is 0 Å². The first kappa shape index (κ1) is 31.1. The molecule has 4 heteroatoms. The molecular weight excluding hydrogens is 582 g/mol. The fourth-order valence-corrected chi connectivity index (χ4v) is 81.4. The third kappa shape index (κ3) is 10.3. The molecule has 0 fully saturated rings. The number of carboxylic acids is 1. The zero-order valence-electron chi connectivity index (χ0n) is 21.7. The van der Waals surface area contributed by atoms with E-state index in [9.17, 15) is 9.90 Å². The molecule has 0 saturated heterocycles. The Labute approximate surface area is 198 Å². The third-order valence-electron chi connectivity index (χ3n) is 7.64. The van der Waals surface area contributed by atoms with Crippen molar-refractivity contribution in [2.24, 2.45) is 0 Å². The minimum atomic E-state index is -2.82. The Kier molecular flexibility index (Phi) is 19.1. The van der Waals surface area contributed by atoms with Crippen LogP contribution in [0.25, 0.3) is 0 Å². The van der Waals surface area contributed by atoms with Gasteiger partial charge < -0.3 is 0 Å². The summed E-state index contributed by atoms with van der Waals surface area (Å²) in [7, 11) is 0. The summed E-state index contributed by atoms with van der Waals surface area (Å²) >= 11 is -5.64. The van der Waals surface area contributed by atoms with E-state index < -0.39 is 36.8 Å². The van der Waals surface area contributed by atoms with E-state index in [1.165, 1.54) is 104 Å². The maximum absolute atomic E-state index is 13.3. The number of aliphatic carboxylic acids is 1. The van der Waals surface area contributed by atoms with Crippen LogP contribution in [0.5, 0.6) is 0 Å². The first-order chi connectivity index (χ1) is 14.4. The second kappa shape index (κ2) is 18.5. The molecule has 0 aliphatic carbocycles. The van der Waals surface area contributed by atoms with Crippen LogP contribution in [0, 0.1) is 0 Å². The fraction of sp³-hybridized carbons (Fsp3) is 0.962. The van der Waals surface area contributed by atoms with Gasteiger partial charge in [0.25, 0.3) is 0 Å². The second-order valence-corrected chi connectivity index (χ2v) is 42.2. The van der Waals surface area contributed by atoms with Crippen molar-refractivity contribution in [3.63, 3.8) is 0 Å². The van der Waals surface area contributed by atoms with Gasteiger partial charge >= 0.3 is 200 Å². The van der Waals surface area contributed by atoms with Crippen LogP contribution in [-0.4, -0.2) is 47.8 Å². The maximum atomic E-state index is 13.3. The van der Waals surface area contributed by atoms with Gasteiger partial charge in [-0.15, -0.1) is 0 Å². The summed E-state index contributed by atoms with van der Waals surface area (Å²) in [6.07, 6.45) is 15.2. The van der Waals surface area contributed by atoms with E-state index in [1.807, 2.05) is 0 Å². The molecule has 0 amide bonds. The molecular formula is C26H56O2Sn2. The Bertz CT molecular complexity index is 350. The number of carbonyl (C=O) groups is 1. The SMILES string of the molecule is CCC[CH2][Sn]([CH2]CCC)([CH2]CCC)[CH](C(=O)O)[Sn]([CH2]CCC)([CH2]CCC)[CH2]CCC. The van der Waals surface area contributed by atoms with Gasteiger partial charge in [0.05, 0.1) is 0 Å². The standard InChI is InChI=1S/6C4H9.C2H2O2.2Sn/c6*1-3-4-2;1-2(3)4;;/h6*1,3-4H2,2H3;1H,(H,3,4);;. The van der Waals surface area contributed by atoms with Crippen molar-refractivity contribution >= 4 is 42.7 Å². The Balaban J connectivity index is 6.50. The van der Waals surface area contributed by atoms with E-state index in [2.05, 4.69) is 41.5 Å². The van der Waals surface area contributed by atoms with E-state index >= 15 is 0 Å². The van der Waals surface area contributed by atoms with Crippen LogP contribution in [0.2, 0.25) is 28.6 Å². The molecule has 0 bridgehead atoms. The van der Waals surface area contributed by atoms with Gasteiger partial charge in [0.15, 0.2) is 0 Å². The third-order valence-corrected chi connectivity index (χ3v) is 62.6. The van der Waals surface area contributed by atoms with Crippen molar-refractivity contribution in [3.8, 4) is 0 Å². The molecule has 1 N–H and O–H groups in total. The predicted molar refractivity (Wildman–Crippen MR) is 141 cm³/mol. The van der Waals surface area contributed by atoms with Crippen molar-refractivity contribution < 1.29 is 9.90 Å². The Morgan fingerprint density at radius 2 is 0.733 bits per heavy atom. The van der Waals surface area contributed by atoms with Crippen LogP contribution in [0.15, 0.2) is 0 Å². The summed E-state index contributed by atoms with van der Waals surface area (Å²) in [6, 6.07) is 0. The normalized spacial score (nSPS) is 12.6. The molecule has 0 aromatic rings. The molecule has 0 unspecified atom stereocenters. The van der Waals surface area contributed by atoms with Gasteiger partial charge in [-0.05, 0) is 0 Å². The van der Waals surface area contributed by atoms with E-state index in [0.29, 0.717) is 0 Å². The molecule has 0 aromatic heterocycles. The predicted octanol–water partition coefficient (Wildman–Crippen LogP) is 9.68. The Hall–Kier alpha value is 1.07. The Morgan fingerprint density at radius 3 is 0.867 bits per heavy atom. The summed E-state index contributed by atoms with van der Waals surface area (Å²) in [4.78, 5) is 13.3. The van der Waals surface area contributed by atoms with Crippen LogP contribution >= 0.6 is 0 Å². The number of unbranched alkanes of at least 4 members (excludes halogenated alkanes) is 6. The molecule has 0 saturated carbocycles. The monoisotopic (exact) mass is 640 g/mol. The molecule has 0 spiro atoms. The average molecular weight is 638 g/mol. The van der Waals surface area contributed by atoms with Gasteiger partial charge in [-0.1, -0.05) is 0 Å². The number of hydrogen-bond acceptors (Lipinski definition) is 1. The molecule has 0 atom stereocenters. The molecule has 180 valence electrons. The molecule has 0 aliphatic heterocycles. The number of hydrogen-bond donors (Lipinski definition) is 1. The number of carboxylic acid groups (broad SMARTS) is 1. The summed E-state index contributed by atoms with van der Waals surface area (Å²) in [6.45, 7) is 13.9. The first-order valence-corrected chi connectivity index (χ1v) is 29.1. The topological polar surface area (TPSA) is 37.3 Å². The van der Waals surface area contributed by atoms with Crippen molar-refractivity contribution in [2.75, 3.05) is 0 Å². The van der Waals surface area contributed by atoms with Crippen molar-refractivity contribution in [1.29, 1.82) is 0 Å². The first-order valence-electron chi connectivity index (χ1n) is 13.7. The van der Waals surface area contributed by atoms with E-state index in [4.69, 9.17) is 0 Å². The second-order valence-electron chi connectivity index (χ2n) is 10.1. The van der Waals surface area contributed by atoms with Gasteiger partial charge in [0.2, 0.25) is 0 Å². The average Bonchev–Trinajstić information content (AvgIpc) is 2.74. The van der Waals surface area contributed by atoms with Gasteiger partial charge in [0, 0.05) is 0 Å². The Morgan fingerprint density at radius 1 is 0.533 bits per heavy atom. The van der Waals surface area contributed by atoms with E-state index in [1.54, 1.807) is 0 Å². The zero-order valence-corrected chi connectivity index (χ0v) is 27.4. The quantitative estimate of drug-likeness (QED) is 0.127. The molecule has 2 nitrogen and oxygen atoms in total. The molecule has 0 rings (SSSR count). The van der Waals surface area contributed by atoms with Gasteiger partial charge in [-0.3, -0.25) is 0 Å². The van der Waals surface area contributed by atoms with Crippen molar-refractivity contribution in [2.45, 2.75) is 147 Å². The zero-order chi connectivity index (χ0) is 22.9. The van der Waals surface area contributed by atoms with Gasteiger partial charge in [-0.25, -0.2) is 0 Å². The van der Waals surface area contributed by atoms with Crippen LogP contribution in [-0.2, 0) is 4.79 Å². The molecule has 0 aromatic carbocycles. The summed E-state index contributed by atoms with van der Waals surface area (Å²) in [5, 5.41) is 10.9. The fourth-order valence-electron chi connectivity index (χ4n) is 5.96. The van der Waals surface area contributed by atoms with Crippen molar-refractivity contribution in [1.82, 2.24) is 0 Å². The van der Waals surface area contributed by atoms with Crippen LogP contribution < -0.4 is 0 Å². The summed E-state index contributed by atoms with van der Waals surface area (Å²) in [5.41, 5.74) is 0. The minimum absolute atomic E-state index is 0.239. The molecule has 0 heterocycles. The number of rotatable bonds is 21. The van der Waals surface area contributed by atoms with Crippen LogP contribution in [0.3, 0.4) is 0 Å².